The average Bonchev–Trinajstić information content (AvgIpc) is 2.68. The van der Waals surface area contributed by atoms with Gasteiger partial charge >= 0.3 is 6.61 Å². The van der Waals surface area contributed by atoms with Crippen LogP contribution >= 0.6 is 0 Å². The van der Waals surface area contributed by atoms with Gasteiger partial charge in [0.2, 0.25) is 0 Å². The second kappa shape index (κ2) is 10.1. The highest BCUT2D eigenvalue weighted by Crippen LogP contribution is 2.25. The van der Waals surface area contributed by atoms with E-state index in [2.05, 4.69) is 20.4 Å². The first-order chi connectivity index (χ1) is 13.7. The summed E-state index contributed by atoms with van der Waals surface area (Å²) in [5.41, 5.74) is 1.33. The Labute approximate surface area is 168 Å². The van der Waals surface area contributed by atoms with Crippen LogP contribution in [-0.2, 0) is 22.9 Å². The summed E-state index contributed by atoms with van der Waals surface area (Å²) in [5, 5.41) is 6.09. The Bertz CT molecular complexity index is 948. The number of halogens is 2. The molecule has 0 bridgehead atoms. The number of guanidine groups is 1. The van der Waals surface area contributed by atoms with Gasteiger partial charge in [0.05, 0.1) is 12.0 Å². The number of aliphatic imine (C=N–C) groups is 1. The van der Waals surface area contributed by atoms with Crippen molar-refractivity contribution in [2.24, 2.45) is 4.99 Å². The summed E-state index contributed by atoms with van der Waals surface area (Å²) in [5.74, 6) is 0.987. The quantitative estimate of drug-likeness (QED) is 0.497. The van der Waals surface area contributed by atoms with Crippen molar-refractivity contribution >= 4 is 15.8 Å². The zero-order valence-corrected chi connectivity index (χ0v) is 17.1. The molecule has 0 saturated heterocycles. The van der Waals surface area contributed by atoms with Crippen LogP contribution in [0.5, 0.6) is 11.5 Å². The van der Waals surface area contributed by atoms with E-state index < -0.39 is 16.4 Å². The molecule has 7 nitrogen and oxygen atoms in total. The van der Waals surface area contributed by atoms with Crippen LogP contribution < -0.4 is 20.1 Å². The molecule has 0 aliphatic carbocycles. The van der Waals surface area contributed by atoms with Crippen LogP contribution in [0.4, 0.5) is 8.78 Å². The lowest BCUT2D eigenvalue weighted by atomic mass is 10.2. The molecule has 0 aliphatic heterocycles. The summed E-state index contributed by atoms with van der Waals surface area (Å²) >= 11 is 0. The van der Waals surface area contributed by atoms with Gasteiger partial charge in [0.1, 0.15) is 11.5 Å². The minimum Gasteiger partial charge on any atom is -0.497 e. The van der Waals surface area contributed by atoms with Crippen LogP contribution in [0, 0.1) is 0 Å². The highest BCUT2D eigenvalue weighted by Gasteiger charge is 2.12. The van der Waals surface area contributed by atoms with E-state index in [1.54, 1.807) is 25.2 Å². The Kier molecular flexibility index (Phi) is 7.77. The molecule has 2 aromatic rings. The summed E-state index contributed by atoms with van der Waals surface area (Å²) in [7, 11) is -0.190. The van der Waals surface area contributed by atoms with Crippen LogP contribution in [0.1, 0.15) is 11.1 Å². The number of benzene rings is 2. The first-order valence-corrected chi connectivity index (χ1v) is 10.5. The number of hydrogen-bond acceptors (Lipinski definition) is 5. The number of hydrogen-bond donors (Lipinski definition) is 2. The summed E-state index contributed by atoms with van der Waals surface area (Å²) in [4.78, 5) is 4.33. The van der Waals surface area contributed by atoms with Crippen molar-refractivity contribution in [1.29, 1.82) is 0 Å². The smallest absolute Gasteiger partial charge is 0.387 e. The fourth-order valence-electron chi connectivity index (χ4n) is 2.47. The van der Waals surface area contributed by atoms with Gasteiger partial charge in [0.25, 0.3) is 0 Å². The van der Waals surface area contributed by atoms with E-state index in [0.29, 0.717) is 23.8 Å². The Morgan fingerprint density at radius 3 is 2.31 bits per heavy atom. The minimum absolute atomic E-state index is 0.0418. The van der Waals surface area contributed by atoms with Gasteiger partial charge in [0.15, 0.2) is 15.8 Å². The van der Waals surface area contributed by atoms with Gasteiger partial charge in [-0.15, -0.1) is 0 Å². The first-order valence-electron chi connectivity index (χ1n) is 8.58. The molecule has 0 atom stereocenters. The number of rotatable bonds is 8. The molecule has 0 saturated carbocycles. The monoisotopic (exact) mass is 427 g/mol. The van der Waals surface area contributed by atoms with E-state index in [4.69, 9.17) is 4.74 Å². The third kappa shape index (κ3) is 6.90. The molecule has 0 unspecified atom stereocenters. The molecule has 0 heterocycles. The summed E-state index contributed by atoms with van der Waals surface area (Å²) in [6, 6.07) is 11.0. The van der Waals surface area contributed by atoms with Gasteiger partial charge in [-0.05, 0) is 35.9 Å². The van der Waals surface area contributed by atoms with E-state index in [-0.39, 0.29) is 17.2 Å². The van der Waals surface area contributed by atoms with Gasteiger partial charge in [-0.2, -0.15) is 8.78 Å². The van der Waals surface area contributed by atoms with Crippen LogP contribution in [0.15, 0.2) is 52.4 Å². The van der Waals surface area contributed by atoms with Crippen molar-refractivity contribution in [3.63, 3.8) is 0 Å². The van der Waals surface area contributed by atoms with Crippen molar-refractivity contribution in [2.45, 2.75) is 24.6 Å². The highest BCUT2D eigenvalue weighted by molar-refractivity contribution is 7.90. The standard InChI is InChI=1S/C19H23F2N3O4S/c1-22-19(23-11-13-4-7-16(8-5-13)29(3,25)26)24-12-14-10-15(27-2)6-9-17(14)28-18(20)21/h4-10,18H,11-12H2,1-3H3,(H2,22,23,24). The van der Waals surface area contributed by atoms with Crippen LogP contribution in [0.2, 0.25) is 0 Å². The molecule has 158 valence electrons. The summed E-state index contributed by atoms with van der Waals surface area (Å²) in [6.45, 7) is -2.37. The predicted octanol–water partition coefficient (Wildman–Crippen LogP) is 2.57. The number of alkyl halides is 2. The lowest BCUT2D eigenvalue weighted by Crippen LogP contribution is -2.36. The van der Waals surface area contributed by atoms with Gasteiger partial charge in [-0.25, -0.2) is 8.42 Å². The van der Waals surface area contributed by atoms with Gasteiger partial charge in [-0.1, -0.05) is 12.1 Å². The fourth-order valence-corrected chi connectivity index (χ4v) is 3.10. The van der Waals surface area contributed by atoms with E-state index in [9.17, 15) is 17.2 Å². The van der Waals surface area contributed by atoms with Crippen molar-refractivity contribution in [2.75, 3.05) is 20.4 Å². The third-order valence-corrected chi connectivity index (χ3v) is 5.09. The number of methoxy groups -OCH3 is 1. The Morgan fingerprint density at radius 2 is 1.76 bits per heavy atom. The topological polar surface area (TPSA) is 89.0 Å². The van der Waals surface area contributed by atoms with Gasteiger partial charge in [-0.3, -0.25) is 4.99 Å². The maximum absolute atomic E-state index is 12.6. The van der Waals surface area contributed by atoms with E-state index in [0.717, 1.165) is 11.8 Å². The fraction of sp³-hybridized carbons (Fsp3) is 0.316. The molecule has 0 fully saturated rings. The number of ether oxygens (including phenoxy) is 2. The zero-order valence-electron chi connectivity index (χ0n) is 16.3. The molecule has 2 aromatic carbocycles. The second-order valence-electron chi connectivity index (χ2n) is 6.05. The Morgan fingerprint density at radius 1 is 1.10 bits per heavy atom. The molecule has 10 heteroatoms. The van der Waals surface area contributed by atoms with Crippen molar-refractivity contribution in [3.05, 3.63) is 53.6 Å². The maximum Gasteiger partial charge on any atom is 0.387 e. The van der Waals surface area contributed by atoms with Crippen molar-refractivity contribution in [1.82, 2.24) is 10.6 Å². The lowest BCUT2D eigenvalue weighted by Gasteiger charge is -2.15. The van der Waals surface area contributed by atoms with E-state index in [1.165, 1.54) is 31.4 Å². The van der Waals surface area contributed by atoms with Gasteiger partial charge < -0.3 is 20.1 Å². The average molecular weight is 427 g/mol. The normalized spacial score (nSPS) is 12.0. The van der Waals surface area contributed by atoms with Crippen molar-refractivity contribution < 1.29 is 26.7 Å². The van der Waals surface area contributed by atoms with Crippen molar-refractivity contribution in [3.8, 4) is 11.5 Å². The molecule has 0 amide bonds. The predicted molar refractivity (Wildman–Crippen MR) is 106 cm³/mol. The summed E-state index contributed by atoms with van der Waals surface area (Å²) in [6.07, 6.45) is 1.15. The SMILES string of the molecule is CN=C(NCc1ccc(S(C)(=O)=O)cc1)NCc1cc(OC)ccc1OC(F)F. The molecule has 0 radical (unpaired) electrons. The Hall–Kier alpha value is -2.88. The number of sulfone groups is 1. The largest absolute Gasteiger partial charge is 0.497 e. The molecule has 0 aromatic heterocycles. The molecule has 0 aliphatic rings. The van der Waals surface area contributed by atoms with Crippen LogP contribution in [-0.4, -0.2) is 41.4 Å². The maximum atomic E-state index is 12.6. The highest BCUT2D eigenvalue weighted by atomic mass is 32.2. The minimum atomic E-state index is -3.25. The Balaban J connectivity index is 2.00. The van der Waals surface area contributed by atoms with E-state index in [1.807, 2.05) is 0 Å². The number of nitrogens with zero attached hydrogens (tertiary/aromatic N) is 1. The number of nitrogens with one attached hydrogen (secondary N) is 2. The third-order valence-electron chi connectivity index (χ3n) is 3.97. The molecular weight excluding hydrogens is 404 g/mol. The second-order valence-corrected chi connectivity index (χ2v) is 8.06. The molecule has 0 spiro atoms. The zero-order chi connectivity index (χ0) is 21.4. The molecular formula is C19H23F2N3O4S. The molecule has 2 N–H and O–H groups in total. The van der Waals surface area contributed by atoms with E-state index >= 15 is 0 Å². The first kappa shape index (κ1) is 22.4. The van der Waals surface area contributed by atoms with Gasteiger partial charge in [0, 0.05) is 32.0 Å². The van der Waals surface area contributed by atoms with Crippen LogP contribution in [0.25, 0.3) is 0 Å². The lowest BCUT2D eigenvalue weighted by molar-refractivity contribution is -0.0505. The van der Waals surface area contributed by atoms with Crippen LogP contribution in [0.3, 0.4) is 0 Å². The molecule has 29 heavy (non-hydrogen) atoms. The molecule has 2 rings (SSSR count). The summed E-state index contributed by atoms with van der Waals surface area (Å²) < 4.78 is 57.9.